The molecule has 1 unspecified atom stereocenters. The fourth-order valence-corrected chi connectivity index (χ4v) is 2.18. The number of hydrogen-bond acceptors (Lipinski definition) is 5. The zero-order chi connectivity index (χ0) is 13.9. The molecule has 0 fully saturated rings. The van der Waals surface area contributed by atoms with Crippen LogP contribution in [0.25, 0.3) is 0 Å². The Labute approximate surface area is 139 Å². The van der Waals surface area contributed by atoms with Crippen molar-refractivity contribution in [3.05, 3.63) is 0 Å². The third-order valence-corrected chi connectivity index (χ3v) is 3.24. The molecule has 1 atom stereocenters. The fourth-order valence-electron chi connectivity index (χ4n) is 1.81. The van der Waals surface area contributed by atoms with Gasteiger partial charge in [0.05, 0.1) is 0 Å². The molecule has 0 aromatic carbocycles. The van der Waals surface area contributed by atoms with Crippen LogP contribution >= 0.6 is 0 Å². The van der Waals surface area contributed by atoms with Crippen molar-refractivity contribution in [1.82, 2.24) is 0 Å². The Morgan fingerprint density at radius 3 is 1.84 bits per heavy atom. The maximum atomic E-state index is 10.2. The van der Waals surface area contributed by atoms with Gasteiger partial charge >= 0.3 is 29.6 Å². The SMILES string of the molecule is CCCCCCCCCCCC(O)OS(=O)(=O)[O-].[Na+]. The van der Waals surface area contributed by atoms with E-state index in [1.165, 1.54) is 38.5 Å². The van der Waals surface area contributed by atoms with E-state index in [-0.39, 0.29) is 36.0 Å². The molecule has 19 heavy (non-hydrogen) atoms. The van der Waals surface area contributed by atoms with Crippen LogP contribution in [-0.4, -0.2) is 24.4 Å². The normalized spacial score (nSPS) is 13.0. The third-order valence-electron chi connectivity index (χ3n) is 2.78. The molecule has 0 saturated heterocycles. The molecule has 0 bridgehead atoms. The van der Waals surface area contributed by atoms with Gasteiger partial charge in [0.2, 0.25) is 10.4 Å². The van der Waals surface area contributed by atoms with Crippen LogP contribution in [0.1, 0.15) is 71.1 Å². The summed E-state index contributed by atoms with van der Waals surface area (Å²) in [4.78, 5) is 0. The first-order chi connectivity index (χ1) is 8.45. The molecule has 0 radical (unpaired) electrons. The molecule has 0 saturated carbocycles. The van der Waals surface area contributed by atoms with E-state index in [2.05, 4.69) is 11.1 Å². The summed E-state index contributed by atoms with van der Waals surface area (Å²) >= 11 is 0. The van der Waals surface area contributed by atoms with Gasteiger partial charge in [0.15, 0.2) is 6.29 Å². The van der Waals surface area contributed by atoms with Gasteiger partial charge in [-0.05, 0) is 12.8 Å². The van der Waals surface area contributed by atoms with Crippen molar-refractivity contribution in [3.63, 3.8) is 0 Å². The Hall–Kier alpha value is 0.830. The maximum absolute atomic E-state index is 10.2. The topological polar surface area (TPSA) is 86.7 Å². The van der Waals surface area contributed by atoms with Crippen molar-refractivity contribution < 1.29 is 51.8 Å². The Morgan fingerprint density at radius 2 is 1.42 bits per heavy atom. The molecule has 0 amide bonds. The zero-order valence-corrected chi connectivity index (χ0v) is 15.0. The van der Waals surface area contributed by atoms with E-state index < -0.39 is 16.7 Å². The smallest absolute Gasteiger partial charge is 0.725 e. The number of aliphatic hydroxyl groups excluding tert-OH is 1. The van der Waals surface area contributed by atoms with Crippen LogP contribution in [0.15, 0.2) is 0 Å². The molecule has 110 valence electrons. The van der Waals surface area contributed by atoms with Crippen LogP contribution in [0.2, 0.25) is 0 Å². The van der Waals surface area contributed by atoms with E-state index >= 15 is 0 Å². The average Bonchev–Trinajstić information content (AvgIpc) is 2.24. The van der Waals surface area contributed by atoms with Crippen molar-refractivity contribution in [2.75, 3.05) is 0 Å². The minimum absolute atomic E-state index is 0. The van der Waals surface area contributed by atoms with Gasteiger partial charge in [-0.15, -0.1) is 0 Å². The number of hydrogen-bond donors (Lipinski definition) is 1. The Balaban J connectivity index is 0. The largest absolute Gasteiger partial charge is 1.00 e. The first-order valence-electron chi connectivity index (χ1n) is 6.78. The number of rotatable bonds is 12. The summed E-state index contributed by atoms with van der Waals surface area (Å²) in [6.45, 7) is 2.19. The van der Waals surface area contributed by atoms with Crippen molar-refractivity contribution in [1.29, 1.82) is 0 Å². The predicted octanol–water partition coefficient (Wildman–Crippen LogP) is -0.293. The minimum Gasteiger partial charge on any atom is -0.725 e. The summed E-state index contributed by atoms with van der Waals surface area (Å²) in [6.07, 6.45) is 8.89. The van der Waals surface area contributed by atoms with E-state index in [1.807, 2.05) is 0 Å². The Morgan fingerprint density at radius 1 is 1.00 bits per heavy atom. The predicted molar refractivity (Wildman–Crippen MR) is 68.6 cm³/mol. The third kappa shape index (κ3) is 18.8. The van der Waals surface area contributed by atoms with Crippen LogP contribution in [0.5, 0.6) is 0 Å². The van der Waals surface area contributed by atoms with Crippen molar-refractivity contribution >= 4 is 10.4 Å². The number of aliphatic hydroxyl groups is 1. The molecule has 0 aromatic rings. The summed E-state index contributed by atoms with van der Waals surface area (Å²) in [5, 5.41) is 9.08. The monoisotopic (exact) mass is 304 g/mol. The standard InChI is InChI=1S/C12H26O5S.Na/c1-2-3-4-5-6-7-8-9-10-11-12(13)17-18(14,15)16;/h12-13H,2-11H2,1H3,(H,14,15,16);/q;+1/p-1. The summed E-state index contributed by atoms with van der Waals surface area (Å²) in [6, 6.07) is 0. The van der Waals surface area contributed by atoms with Crippen LogP contribution in [0.4, 0.5) is 0 Å². The Kier molecular flexibility index (Phi) is 16.1. The van der Waals surface area contributed by atoms with Gasteiger partial charge in [-0.3, -0.25) is 0 Å². The second-order valence-electron chi connectivity index (χ2n) is 4.58. The molecule has 0 spiro atoms. The minimum atomic E-state index is -4.78. The van der Waals surface area contributed by atoms with Gasteiger partial charge in [0, 0.05) is 0 Å². The molecule has 0 aliphatic heterocycles. The fraction of sp³-hybridized carbons (Fsp3) is 1.00. The average molecular weight is 304 g/mol. The van der Waals surface area contributed by atoms with Gasteiger partial charge in [0.1, 0.15) is 0 Å². The molecule has 7 heteroatoms. The van der Waals surface area contributed by atoms with Gasteiger partial charge in [-0.2, -0.15) is 0 Å². The van der Waals surface area contributed by atoms with E-state index in [9.17, 15) is 13.0 Å². The molecular formula is C12H25NaO5S. The van der Waals surface area contributed by atoms with Crippen LogP contribution in [0.3, 0.4) is 0 Å². The molecular weight excluding hydrogens is 279 g/mol. The molecule has 0 aliphatic rings. The molecule has 0 aromatic heterocycles. The summed E-state index contributed by atoms with van der Waals surface area (Å²) in [5.74, 6) is 0. The van der Waals surface area contributed by atoms with Crippen molar-refractivity contribution in [3.8, 4) is 0 Å². The van der Waals surface area contributed by atoms with Gasteiger partial charge in [-0.25, -0.2) is 12.6 Å². The first-order valence-corrected chi connectivity index (χ1v) is 8.11. The van der Waals surface area contributed by atoms with E-state index in [0.717, 1.165) is 12.8 Å². The molecule has 0 heterocycles. The van der Waals surface area contributed by atoms with E-state index in [1.54, 1.807) is 0 Å². The summed E-state index contributed by atoms with van der Waals surface area (Å²) < 4.78 is 34.4. The van der Waals surface area contributed by atoms with Crippen molar-refractivity contribution in [2.45, 2.75) is 77.4 Å². The van der Waals surface area contributed by atoms with Crippen molar-refractivity contribution in [2.24, 2.45) is 0 Å². The zero-order valence-electron chi connectivity index (χ0n) is 12.1. The summed E-state index contributed by atoms with van der Waals surface area (Å²) in [7, 11) is -4.78. The van der Waals surface area contributed by atoms with Crippen LogP contribution < -0.4 is 29.6 Å². The van der Waals surface area contributed by atoms with Gasteiger partial charge in [-0.1, -0.05) is 58.3 Å². The maximum Gasteiger partial charge on any atom is 1.00 e. The van der Waals surface area contributed by atoms with E-state index in [0.29, 0.717) is 6.42 Å². The quantitative estimate of drug-likeness (QED) is 0.176. The van der Waals surface area contributed by atoms with Gasteiger partial charge < -0.3 is 9.66 Å². The van der Waals surface area contributed by atoms with E-state index in [4.69, 9.17) is 5.11 Å². The second kappa shape index (κ2) is 13.8. The van der Waals surface area contributed by atoms with Gasteiger partial charge in [0.25, 0.3) is 0 Å². The second-order valence-corrected chi connectivity index (χ2v) is 5.59. The number of unbranched alkanes of at least 4 members (excludes halogenated alkanes) is 8. The molecule has 1 N–H and O–H groups in total. The van der Waals surface area contributed by atoms with Crippen LogP contribution in [-0.2, 0) is 14.6 Å². The Bertz CT molecular complexity index is 282. The molecule has 5 nitrogen and oxygen atoms in total. The summed E-state index contributed by atoms with van der Waals surface area (Å²) in [5.41, 5.74) is 0. The first kappa shape index (κ1) is 22.1. The molecule has 0 aliphatic carbocycles. The van der Waals surface area contributed by atoms with Crippen LogP contribution in [0, 0.1) is 0 Å². The molecule has 0 rings (SSSR count).